The van der Waals surface area contributed by atoms with Crippen LogP contribution in [0.1, 0.15) is 41.3 Å². The van der Waals surface area contributed by atoms with Crippen LogP contribution in [-0.2, 0) is 24.2 Å². The average Bonchev–Trinajstić information content (AvgIpc) is 2.91. The Morgan fingerprint density at radius 3 is 2.92 bits per heavy atom. The number of fused-ring (bicyclic) bond motifs is 1. The molecular formula is C19H23NO3S. The van der Waals surface area contributed by atoms with Gasteiger partial charge in [0, 0.05) is 4.88 Å². The third kappa shape index (κ3) is 3.62. The molecule has 1 aliphatic rings. The maximum absolute atomic E-state index is 12.5. The van der Waals surface area contributed by atoms with Crippen molar-refractivity contribution in [1.29, 1.82) is 0 Å². The molecule has 2 N–H and O–H groups in total. The van der Waals surface area contributed by atoms with Crippen LogP contribution in [-0.4, -0.2) is 17.1 Å². The number of thiophene rings is 1. The molecule has 0 saturated heterocycles. The first-order valence-corrected chi connectivity index (χ1v) is 9.18. The fraction of sp³-hybridized carbons (Fsp3) is 0.421. The van der Waals surface area contributed by atoms with Gasteiger partial charge in [-0.3, -0.25) is 4.79 Å². The third-order valence-corrected chi connectivity index (χ3v) is 5.74. The van der Waals surface area contributed by atoms with Crippen molar-refractivity contribution in [2.75, 3.05) is 5.32 Å². The summed E-state index contributed by atoms with van der Waals surface area (Å²) in [5.41, 5.74) is 3.39. The van der Waals surface area contributed by atoms with Gasteiger partial charge < -0.3 is 15.2 Å². The standard InChI is InChI=1S/C19H23NO3S/c1-12-16-8-3-4-9-17(16)24-19(12)20-18(22)13(2)23-15-7-5-6-14(10-15)11-21/h5-7,10,13,21H,3-4,8-9,11H2,1-2H3,(H,20,22). The predicted molar refractivity (Wildman–Crippen MR) is 96.8 cm³/mol. The van der Waals surface area contributed by atoms with Crippen LogP contribution in [0, 0.1) is 6.92 Å². The largest absolute Gasteiger partial charge is 0.481 e. The molecule has 1 amide bonds. The van der Waals surface area contributed by atoms with Crippen LogP contribution in [0.4, 0.5) is 5.00 Å². The maximum Gasteiger partial charge on any atom is 0.265 e. The van der Waals surface area contributed by atoms with E-state index in [1.807, 2.05) is 12.1 Å². The molecule has 0 saturated carbocycles. The van der Waals surface area contributed by atoms with Crippen molar-refractivity contribution < 1.29 is 14.6 Å². The van der Waals surface area contributed by atoms with Crippen LogP contribution in [0.5, 0.6) is 5.75 Å². The van der Waals surface area contributed by atoms with Crippen molar-refractivity contribution in [3.8, 4) is 5.75 Å². The van der Waals surface area contributed by atoms with E-state index in [0.29, 0.717) is 5.75 Å². The van der Waals surface area contributed by atoms with E-state index in [1.165, 1.54) is 28.8 Å². The molecule has 0 bridgehead atoms. The normalized spacial score (nSPS) is 14.8. The fourth-order valence-electron chi connectivity index (χ4n) is 3.03. The quantitative estimate of drug-likeness (QED) is 0.866. The summed E-state index contributed by atoms with van der Waals surface area (Å²) in [7, 11) is 0. The van der Waals surface area contributed by atoms with Gasteiger partial charge in [0.15, 0.2) is 6.10 Å². The summed E-state index contributed by atoms with van der Waals surface area (Å²) in [4.78, 5) is 13.9. The lowest BCUT2D eigenvalue weighted by Gasteiger charge is -2.15. The number of amides is 1. The summed E-state index contributed by atoms with van der Waals surface area (Å²) in [6.45, 7) is 3.79. The number of hydrogen-bond donors (Lipinski definition) is 2. The van der Waals surface area contributed by atoms with Gasteiger partial charge in [-0.1, -0.05) is 12.1 Å². The van der Waals surface area contributed by atoms with Crippen LogP contribution in [0.2, 0.25) is 0 Å². The predicted octanol–water partition coefficient (Wildman–Crippen LogP) is 3.83. The first kappa shape index (κ1) is 17.0. The van der Waals surface area contributed by atoms with Gasteiger partial charge in [-0.05, 0) is 68.4 Å². The van der Waals surface area contributed by atoms with Gasteiger partial charge in [0.2, 0.25) is 0 Å². The van der Waals surface area contributed by atoms with Crippen molar-refractivity contribution in [3.63, 3.8) is 0 Å². The molecule has 3 rings (SSSR count). The minimum absolute atomic E-state index is 0.0439. The van der Waals surface area contributed by atoms with Crippen LogP contribution < -0.4 is 10.1 Å². The fourth-order valence-corrected chi connectivity index (χ4v) is 4.33. The van der Waals surface area contributed by atoms with E-state index in [-0.39, 0.29) is 12.5 Å². The van der Waals surface area contributed by atoms with Crippen molar-refractivity contribution in [3.05, 3.63) is 45.8 Å². The van der Waals surface area contributed by atoms with Gasteiger partial charge in [-0.15, -0.1) is 11.3 Å². The molecule has 1 atom stereocenters. The molecule has 1 heterocycles. The van der Waals surface area contributed by atoms with Crippen molar-refractivity contribution >= 4 is 22.2 Å². The molecule has 0 spiro atoms. The Bertz CT molecular complexity index is 738. The number of ether oxygens (including phenoxy) is 1. The first-order chi connectivity index (χ1) is 11.6. The number of aliphatic hydroxyl groups is 1. The summed E-state index contributed by atoms with van der Waals surface area (Å²) in [5.74, 6) is 0.442. The zero-order valence-electron chi connectivity index (χ0n) is 14.1. The molecule has 1 unspecified atom stereocenters. The number of carbonyl (C=O) groups excluding carboxylic acids is 1. The Balaban J connectivity index is 1.67. The number of nitrogens with one attached hydrogen (secondary N) is 1. The van der Waals surface area contributed by atoms with Crippen LogP contribution in [0.25, 0.3) is 0 Å². The first-order valence-electron chi connectivity index (χ1n) is 8.37. The Morgan fingerprint density at radius 1 is 1.38 bits per heavy atom. The molecule has 5 heteroatoms. The topological polar surface area (TPSA) is 58.6 Å². The number of aryl methyl sites for hydroxylation is 1. The lowest BCUT2D eigenvalue weighted by Crippen LogP contribution is -2.30. The third-order valence-electron chi connectivity index (χ3n) is 4.44. The molecule has 128 valence electrons. The minimum Gasteiger partial charge on any atom is -0.481 e. The molecule has 0 fully saturated rings. The van der Waals surface area contributed by atoms with Gasteiger partial charge in [0.25, 0.3) is 5.91 Å². The molecule has 0 aliphatic heterocycles. The van der Waals surface area contributed by atoms with Crippen LogP contribution in [0.3, 0.4) is 0 Å². The second-order valence-electron chi connectivity index (χ2n) is 6.22. The van der Waals surface area contributed by atoms with Gasteiger partial charge in [-0.25, -0.2) is 0 Å². The SMILES string of the molecule is Cc1c(NC(=O)C(C)Oc2cccc(CO)c2)sc2c1CCCC2. The smallest absolute Gasteiger partial charge is 0.265 e. The van der Waals surface area contributed by atoms with E-state index in [1.54, 1.807) is 30.4 Å². The van der Waals surface area contributed by atoms with Gasteiger partial charge in [0.1, 0.15) is 5.75 Å². The zero-order chi connectivity index (χ0) is 17.1. The molecule has 0 radical (unpaired) electrons. The Hall–Kier alpha value is -1.85. The molecule has 1 aromatic carbocycles. The van der Waals surface area contributed by atoms with Crippen molar-refractivity contribution in [1.82, 2.24) is 0 Å². The van der Waals surface area contributed by atoms with Crippen molar-refractivity contribution in [2.24, 2.45) is 0 Å². The summed E-state index contributed by atoms with van der Waals surface area (Å²) in [6, 6.07) is 7.16. The van der Waals surface area contributed by atoms with E-state index in [9.17, 15) is 9.90 Å². The Morgan fingerprint density at radius 2 is 2.17 bits per heavy atom. The molecule has 1 aromatic heterocycles. The van der Waals surface area contributed by atoms with E-state index in [2.05, 4.69) is 12.2 Å². The number of aliphatic hydroxyl groups excluding tert-OH is 1. The van der Waals surface area contributed by atoms with E-state index in [0.717, 1.165) is 23.4 Å². The summed E-state index contributed by atoms with van der Waals surface area (Å²) < 4.78 is 5.71. The summed E-state index contributed by atoms with van der Waals surface area (Å²) in [5, 5.41) is 13.1. The van der Waals surface area contributed by atoms with E-state index >= 15 is 0 Å². The Labute approximate surface area is 146 Å². The molecule has 4 nitrogen and oxygen atoms in total. The number of hydrogen-bond acceptors (Lipinski definition) is 4. The van der Waals surface area contributed by atoms with Gasteiger partial charge in [0.05, 0.1) is 11.6 Å². The maximum atomic E-state index is 12.5. The molecule has 1 aliphatic carbocycles. The number of anilines is 1. The number of carbonyl (C=O) groups is 1. The Kier molecular flexibility index (Phi) is 5.21. The second kappa shape index (κ2) is 7.36. The molecule has 2 aromatic rings. The highest BCUT2D eigenvalue weighted by Gasteiger charge is 2.21. The highest BCUT2D eigenvalue weighted by Crippen LogP contribution is 2.37. The lowest BCUT2D eigenvalue weighted by molar-refractivity contribution is -0.122. The number of benzene rings is 1. The minimum atomic E-state index is -0.600. The highest BCUT2D eigenvalue weighted by atomic mass is 32.1. The van der Waals surface area contributed by atoms with Gasteiger partial charge in [-0.2, -0.15) is 0 Å². The van der Waals surface area contributed by atoms with Crippen LogP contribution >= 0.6 is 11.3 Å². The summed E-state index contributed by atoms with van der Waals surface area (Å²) >= 11 is 1.70. The van der Waals surface area contributed by atoms with E-state index < -0.39 is 6.10 Å². The van der Waals surface area contributed by atoms with E-state index in [4.69, 9.17) is 4.74 Å². The molecule has 24 heavy (non-hydrogen) atoms. The summed E-state index contributed by atoms with van der Waals surface area (Å²) in [6.07, 6.45) is 4.11. The van der Waals surface area contributed by atoms with Gasteiger partial charge >= 0.3 is 0 Å². The average molecular weight is 345 g/mol. The zero-order valence-corrected chi connectivity index (χ0v) is 14.9. The number of rotatable bonds is 5. The van der Waals surface area contributed by atoms with Crippen LogP contribution in [0.15, 0.2) is 24.3 Å². The second-order valence-corrected chi connectivity index (χ2v) is 7.33. The van der Waals surface area contributed by atoms with Crippen molar-refractivity contribution in [2.45, 2.75) is 52.2 Å². The highest BCUT2D eigenvalue weighted by molar-refractivity contribution is 7.16. The monoisotopic (exact) mass is 345 g/mol. The lowest BCUT2D eigenvalue weighted by atomic mass is 9.96. The molecular weight excluding hydrogens is 322 g/mol.